The first-order chi connectivity index (χ1) is 14.6. The summed E-state index contributed by atoms with van der Waals surface area (Å²) < 4.78 is 25.0. The van der Waals surface area contributed by atoms with Crippen molar-refractivity contribution in [1.82, 2.24) is 15.2 Å². The Balaban J connectivity index is 1.57. The molecule has 31 heavy (non-hydrogen) atoms. The van der Waals surface area contributed by atoms with E-state index in [4.69, 9.17) is 0 Å². The van der Waals surface area contributed by atoms with Gasteiger partial charge >= 0.3 is 0 Å². The molecule has 0 spiro atoms. The first-order valence-electron chi connectivity index (χ1n) is 9.97. The van der Waals surface area contributed by atoms with Crippen LogP contribution in [0.3, 0.4) is 0 Å². The summed E-state index contributed by atoms with van der Waals surface area (Å²) in [6, 6.07) is 10.2. The van der Waals surface area contributed by atoms with Gasteiger partial charge in [-0.15, -0.1) is 16.2 Å². The van der Waals surface area contributed by atoms with E-state index in [1.165, 1.54) is 23.5 Å². The molecular weight excluding hydrogens is 434 g/mol. The highest BCUT2D eigenvalue weighted by molar-refractivity contribution is 7.89. The number of benzene rings is 1. The highest BCUT2D eigenvalue weighted by Crippen LogP contribution is 2.23. The van der Waals surface area contributed by atoms with Crippen molar-refractivity contribution in [2.75, 3.05) is 19.6 Å². The number of nitrogens with zero attached hydrogens (tertiary/aromatic N) is 1. The van der Waals surface area contributed by atoms with E-state index in [9.17, 15) is 18.0 Å². The topological polar surface area (TPSA) is 95.6 Å². The molecule has 3 rings (SSSR count). The number of nitrogens with one attached hydrogen (secondary N) is 2. The predicted molar refractivity (Wildman–Crippen MR) is 121 cm³/mol. The lowest BCUT2D eigenvalue weighted by Crippen LogP contribution is -2.45. The van der Waals surface area contributed by atoms with Crippen LogP contribution in [0.4, 0.5) is 0 Å². The molecule has 2 aromatic rings. The van der Waals surface area contributed by atoms with Crippen molar-refractivity contribution >= 4 is 33.1 Å². The van der Waals surface area contributed by atoms with Crippen molar-refractivity contribution in [3.8, 4) is 0 Å². The minimum Gasteiger partial charge on any atom is -0.292 e. The second-order valence-corrected chi connectivity index (χ2v) is 11.1. The largest absolute Gasteiger partial charge is 0.292 e. The molecule has 9 heteroatoms. The molecule has 2 heterocycles. The SMILES string of the molecule is CC(C)(C)c1ccc(S(=O)(=O)NNC(=O)C2=CCCN(CC(=O)c3cccs3)C2)cc1. The third kappa shape index (κ3) is 6.10. The average molecular weight is 462 g/mol. The molecule has 0 saturated carbocycles. The van der Waals surface area contributed by atoms with E-state index in [1.807, 2.05) is 37.1 Å². The number of thiophene rings is 1. The van der Waals surface area contributed by atoms with Crippen LogP contribution in [-0.4, -0.2) is 44.6 Å². The molecule has 166 valence electrons. The lowest BCUT2D eigenvalue weighted by Gasteiger charge is -2.25. The van der Waals surface area contributed by atoms with Crippen LogP contribution < -0.4 is 10.3 Å². The van der Waals surface area contributed by atoms with Crippen molar-refractivity contribution in [2.24, 2.45) is 0 Å². The molecule has 0 radical (unpaired) electrons. The van der Waals surface area contributed by atoms with Crippen molar-refractivity contribution < 1.29 is 18.0 Å². The van der Waals surface area contributed by atoms with Gasteiger partial charge in [0.15, 0.2) is 5.78 Å². The standard InChI is InChI=1S/C22H27N3O4S2/c1-22(2,3)17-8-10-18(11-9-17)31(28,29)24-23-21(27)16-6-4-12-25(14-16)15-19(26)20-7-5-13-30-20/h5-11,13,24H,4,12,14-15H2,1-3H3,(H,23,27). The molecule has 1 aliphatic heterocycles. The summed E-state index contributed by atoms with van der Waals surface area (Å²) in [5, 5.41) is 1.85. The molecule has 0 atom stereocenters. The number of hydrogen-bond acceptors (Lipinski definition) is 6. The lowest BCUT2D eigenvalue weighted by molar-refractivity contribution is -0.118. The third-order valence-electron chi connectivity index (χ3n) is 5.01. The Morgan fingerprint density at radius 2 is 1.84 bits per heavy atom. The van der Waals surface area contributed by atoms with E-state index in [0.29, 0.717) is 23.4 Å². The minimum absolute atomic E-state index is 0.0102. The van der Waals surface area contributed by atoms with Gasteiger partial charge in [0.05, 0.1) is 16.3 Å². The average Bonchev–Trinajstić information content (AvgIpc) is 3.27. The van der Waals surface area contributed by atoms with E-state index in [1.54, 1.807) is 24.3 Å². The highest BCUT2D eigenvalue weighted by atomic mass is 32.2. The number of Topliss-reactive ketones (excluding diaryl/α,β-unsaturated/α-hetero) is 1. The first kappa shape index (κ1) is 23.3. The molecule has 0 unspecified atom stereocenters. The molecular formula is C22H27N3O4S2. The van der Waals surface area contributed by atoms with Gasteiger partial charge in [0.1, 0.15) is 0 Å². The fourth-order valence-corrected chi connectivity index (χ4v) is 4.71. The van der Waals surface area contributed by atoms with Gasteiger partial charge in [-0.3, -0.25) is 19.9 Å². The van der Waals surface area contributed by atoms with Crippen molar-refractivity contribution in [3.05, 3.63) is 63.9 Å². The number of carbonyl (C=O) groups is 2. The number of hydrogen-bond donors (Lipinski definition) is 2. The number of rotatable bonds is 7. The van der Waals surface area contributed by atoms with Crippen LogP contribution in [0, 0.1) is 0 Å². The number of ketones is 1. The van der Waals surface area contributed by atoms with Gasteiger partial charge in [-0.25, -0.2) is 8.42 Å². The summed E-state index contributed by atoms with van der Waals surface area (Å²) in [5.41, 5.74) is 3.63. The van der Waals surface area contributed by atoms with Crippen LogP contribution in [0.25, 0.3) is 0 Å². The van der Waals surface area contributed by atoms with Gasteiger partial charge in [0, 0.05) is 18.7 Å². The second kappa shape index (κ2) is 9.44. The maximum absolute atomic E-state index is 12.5. The van der Waals surface area contributed by atoms with E-state index in [0.717, 1.165) is 5.56 Å². The molecule has 1 amide bonds. The molecule has 1 aromatic carbocycles. The van der Waals surface area contributed by atoms with Crippen LogP contribution in [-0.2, 0) is 20.2 Å². The van der Waals surface area contributed by atoms with Gasteiger partial charge in [0.25, 0.3) is 15.9 Å². The van der Waals surface area contributed by atoms with Crippen LogP contribution in [0.15, 0.2) is 58.3 Å². The van der Waals surface area contributed by atoms with Crippen molar-refractivity contribution in [1.29, 1.82) is 0 Å². The quantitative estimate of drug-likeness (QED) is 0.488. The van der Waals surface area contributed by atoms with E-state index in [-0.39, 0.29) is 29.2 Å². The van der Waals surface area contributed by atoms with Gasteiger partial charge in [0.2, 0.25) is 0 Å². The monoisotopic (exact) mass is 461 g/mol. The smallest absolute Gasteiger partial charge is 0.263 e. The van der Waals surface area contributed by atoms with Gasteiger partial charge in [-0.2, -0.15) is 0 Å². The maximum Gasteiger partial charge on any atom is 0.263 e. The van der Waals surface area contributed by atoms with Crippen LogP contribution in [0.5, 0.6) is 0 Å². The summed E-state index contributed by atoms with van der Waals surface area (Å²) in [6.45, 7) is 7.31. The zero-order valence-corrected chi connectivity index (χ0v) is 19.5. The van der Waals surface area contributed by atoms with E-state index >= 15 is 0 Å². The molecule has 2 N–H and O–H groups in total. The molecule has 1 aliphatic rings. The Morgan fingerprint density at radius 1 is 1.13 bits per heavy atom. The van der Waals surface area contributed by atoms with Crippen LogP contribution in [0.1, 0.15) is 42.4 Å². The molecule has 7 nitrogen and oxygen atoms in total. The van der Waals surface area contributed by atoms with E-state index < -0.39 is 15.9 Å². The predicted octanol–water partition coefficient (Wildman–Crippen LogP) is 2.87. The Kier molecular flexibility index (Phi) is 7.10. The number of hydrazine groups is 1. The van der Waals surface area contributed by atoms with E-state index in [2.05, 4.69) is 10.3 Å². The van der Waals surface area contributed by atoms with Crippen LogP contribution in [0.2, 0.25) is 0 Å². The van der Waals surface area contributed by atoms with Crippen molar-refractivity contribution in [3.63, 3.8) is 0 Å². The molecule has 0 saturated heterocycles. The highest BCUT2D eigenvalue weighted by Gasteiger charge is 2.23. The normalized spacial score (nSPS) is 15.4. The maximum atomic E-state index is 12.5. The zero-order chi connectivity index (χ0) is 22.6. The fraction of sp³-hybridized carbons (Fsp3) is 0.364. The Labute approximate surface area is 187 Å². The molecule has 0 aliphatic carbocycles. The Bertz CT molecular complexity index is 1070. The Hall–Kier alpha value is -2.33. The molecule has 0 bridgehead atoms. The third-order valence-corrected chi connectivity index (χ3v) is 7.19. The van der Waals surface area contributed by atoms with Gasteiger partial charge in [-0.05, 0) is 41.0 Å². The molecule has 1 aromatic heterocycles. The van der Waals surface area contributed by atoms with Crippen LogP contribution >= 0.6 is 11.3 Å². The second-order valence-electron chi connectivity index (χ2n) is 8.46. The first-order valence-corrected chi connectivity index (χ1v) is 12.3. The number of carbonyl (C=O) groups excluding carboxylic acids is 2. The number of sulfonamides is 1. The minimum atomic E-state index is -3.89. The summed E-state index contributed by atoms with van der Waals surface area (Å²) >= 11 is 1.39. The number of amides is 1. The lowest BCUT2D eigenvalue weighted by atomic mass is 9.87. The summed E-state index contributed by atoms with van der Waals surface area (Å²) in [6.07, 6.45) is 2.38. The van der Waals surface area contributed by atoms with Gasteiger partial charge < -0.3 is 0 Å². The Morgan fingerprint density at radius 3 is 2.45 bits per heavy atom. The molecule has 0 fully saturated rings. The van der Waals surface area contributed by atoms with Gasteiger partial charge in [-0.1, -0.05) is 45.0 Å². The fourth-order valence-electron chi connectivity index (χ4n) is 3.21. The van der Waals surface area contributed by atoms with Crippen molar-refractivity contribution in [2.45, 2.75) is 37.5 Å². The zero-order valence-electron chi connectivity index (χ0n) is 17.8. The summed E-state index contributed by atoms with van der Waals surface area (Å²) in [4.78, 5) is 29.6. The summed E-state index contributed by atoms with van der Waals surface area (Å²) in [7, 11) is -3.89. The summed E-state index contributed by atoms with van der Waals surface area (Å²) in [5.74, 6) is -0.515.